The number of pyridine rings is 2. The maximum absolute atomic E-state index is 13.5. The second-order valence-corrected chi connectivity index (χ2v) is 17.4. The lowest BCUT2D eigenvalue weighted by molar-refractivity contribution is 0.0676. The number of sulfone groups is 2. The molecule has 0 aliphatic heterocycles. The second kappa shape index (κ2) is 17.3. The van der Waals surface area contributed by atoms with Crippen LogP contribution in [0.25, 0.3) is 11.4 Å². The number of rotatable bonds is 13. The van der Waals surface area contributed by atoms with Gasteiger partial charge >= 0.3 is 11.9 Å². The summed E-state index contributed by atoms with van der Waals surface area (Å²) in [6, 6.07) is 5.08. The second-order valence-electron chi connectivity index (χ2n) is 13.5. The topological polar surface area (TPSA) is 228 Å². The van der Waals surface area contributed by atoms with Crippen LogP contribution in [0.3, 0.4) is 0 Å². The van der Waals surface area contributed by atoms with Crippen LogP contribution in [0.1, 0.15) is 103 Å². The van der Waals surface area contributed by atoms with Gasteiger partial charge in [-0.05, 0) is 55.9 Å². The Bertz CT molecular complexity index is 2260. The fourth-order valence-electron chi connectivity index (χ4n) is 6.60. The van der Waals surface area contributed by atoms with Gasteiger partial charge in [-0.1, -0.05) is 32.1 Å². The standard InChI is InChI=1S/C18H22F2N4O4S.C16H18F2N4O4S/c1-29(27,28)13-8-7-12(10-21-13)24-17(22-9-11-5-3-2-4-6-11)14(18(25)26)15(23-24)16(19)20;1-27(25,26)11-7-6-10(8-19-11)22-15(20-9-4-2-3-5-9)12(16(23)24)13(21-22)14(17)18/h7-8,10-11,16,22H,2-6,9H2,1H3,(H,25,26);6-9,14,20H,2-5H2,1H3,(H,23,24). The molecule has 0 radical (unpaired) electrons. The molecule has 2 aliphatic carbocycles. The van der Waals surface area contributed by atoms with Crippen LogP contribution in [-0.4, -0.2) is 93.6 Å². The molecule has 0 spiro atoms. The molecule has 56 heavy (non-hydrogen) atoms. The van der Waals surface area contributed by atoms with Gasteiger partial charge in [0.15, 0.2) is 29.7 Å². The summed E-state index contributed by atoms with van der Waals surface area (Å²) in [4.78, 5) is 31.0. The van der Waals surface area contributed by atoms with E-state index >= 15 is 0 Å². The van der Waals surface area contributed by atoms with E-state index < -0.39 is 67.0 Å². The molecule has 22 heteroatoms. The van der Waals surface area contributed by atoms with Gasteiger partial charge in [-0.25, -0.2) is 63.3 Å². The van der Waals surface area contributed by atoms with Crippen LogP contribution in [0.4, 0.5) is 29.2 Å². The molecule has 0 saturated heterocycles. The number of aromatic carboxylic acids is 2. The number of aromatic nitrogens is 6. The number of anilines is 2. The lowest BCUT2D eigenvalue weighted by Gasteiger charge is -2.22. The number of carbonyl (C=O) groups is 2. The first-order chi connectivity index (χ1) is 26.4. The van der Waals surface area contributed by atoms with Gasteiger partial charge in [0.1, 0.15) is 34.2 Å². The molecule has 4 N–H and O–H groups in total. The minimum absolute atomic E-state index is 0.0488. The summed E-state index contributed by atoms with van der Waals surface area (Å²) in [7, 11) is -7.07. The Balaban J connectivity index is 0.000000215. The Morgan fingerprint density at radius 3 is 1.54 bits per heavy atom. The smallest absolute Gasteiger partial charge is 0.341 e. The summed E-state index contributed by atoms with van der Waals surface area (Å²) in [5.41, 5.74) is -2.53. The molecular formula is C34H40F4N8O8S2. The molecule has 4 aromatic heterocycles. The highest BCUT2D eigenvalue weighted by Crippen LogP contribution is 2.34. The number of nitrogens with zero attached hydrogens (tertiary/aromatic N) is 6. The van der Waals surface area contributed by atoms with Crippen molar-refractivity contribution in [1.29, 1.82) is 0 Å². The summed E-state index contributed by atoms with van der Waals surface area (Å²) in [6.45, 7) is 0.434. The predicted octanol–water partition coefficient (Wildman–Crippen LogP) is 5.96. The minimum Gasteiger partial charge on any atom is -0.477 e. The zero-order chi connectivity index (χ0) is 40.9. The van der Waals surface area contributed by atoms with E-state index in [1.807, 2.05) is 0 Å². The van der Waals surface area contributed by atoms with E-state index in [1.54, 1.807) is 0 Å². The summed E-state index contributed by atoms with van der Waals surface area (Å²) in [5, 5.41) is 32.2. The van der Waals surface area contributed by atoms with Crippen molar-refractivity contribution in [3.63, 3.8) is 0 Å². The lowest BCUT2D eigenvalue weighted by Crippen LogP contribution is -2.20. The maximum Gasteiger partial charge on any atom is 0.341 e. The van der Waals surface area contributed by atoms with Crippen molar-refractivity contribution in [3.8, 4) is 11.4 Å². The number of carboxylic acid groups (broad SMARTS) is 2. The minimum atomic E-state index is -3.54. The molecule has 2 fully saturated rings. The number of hydrogen-bond donors (Lipinski definition) is 4. The van der Waals surface area contributed by atoms with Crippen molar-refractivity contribution >= 4 is 43.2 Å². The third kappa shape index (κ3) is 9.81. The Morgan fingerprint density at radius 2 is 1.14 bits per heavy atom. The Morgan fingerprint density at radius 1 is 0.714 bits per heavy atom. The SMILES string of the molecule is CS(=O)(=O)c1ccc(-n2nc(C(F)F)c(C(=O)O)c2NC2CCCC2)cn1.CS(=O)(=O)c1ccc(-n2nc(C(F)F)c(C(=O)O)c2NCC2CCCCC2)cn1. The zero-order valence-electron chi connectivity index (χ0n) is 30.2. The van der Waals surface area contributed by atoms with E-state index in [0.717, 1.165) is 92.1 Å². The molecule has 2 saturated carbocycles. The third-order valence-electron chi connectivity index (χ3n) is 9.34. The van der Waals surface area contributed by atoms with E-state index in [2.05, 4.69) is 30.8 Å². The highest BCUT2D eigenvalue weighted by atomic mass is 32.2. The molecule has 16 nitrogen and oxygen atoms in total. The van der Waals surface area contributed by atoms with Crippen molar-refractivity contribution in [2.24, 2.45) is 5.92 Å². The van der Waals surface area contributed by atoms with E-state index in [4.69, 9.17) is 0 Å². The monoisotopic (exact) mass is 828 g/mol. The molecule has 4 aromatic rings. The van der Waals surface area contributed by atoms with Gasteiger partial charge in [-0.3, -0.25) is 0 Å². The van der Waals surface area contributed by atoms with Crippen LogP contribution in [0, 0.1) is 5.92 Å². The summed E-state index contributed by atoms with van der Waals surface area (Å²) in [6.07, 6.45) is 6.93. The quantitative estimate of drug-likeness (QED) is 0.114. The van der Waals surface area contributed by atoms with Crippen LogP contribution >= 0.6 is 0 Å². The Kier molecular flexibility index (Phi) is 13.0. The first-order valence-electron chi connectivity index (χ1n) is 17.5. The fourth-order valence-corrected chi connectivity index (χ4v) is 7.72. The summed E-state index contributed by atoms with van der Waals surface area (Å²) < 4.78 is 102. The molecule has 6 rings (SSSR count). The zero-order valence-corrected chi connectivity index (χ0v) is 31.8. The van der Waals surface area contributed by atoms with Crippen LogP contribution in [-0.2, 0) is 19.7 Å². The highest BCUT2D eigenvalue weighted by molar-refractivity contribution is 7.90. The van der Waals surface area contributed by atoms with Crippen molar-refractivity contribution in [2.45, 2.75) is 86.7 Å². The molecule has 2 aliphatic rings. The molecule has 304 valence electrons. The average molecular weight is 829 g/mol. The molecule has 0 atom stereocenters. The van der Waals surface area contributed by atoms with E-state index in [0.29, 0.717) is 12.5 Å². The molecule has 0 aromatic carbocycles. The molecule has 4 heterocycles. The highest BCUT2D eigenvalue weighted by Gasteiger charge is 2.32. The number of nitrogens with one attached hydrogen (secondary N) is 2. The van der Waals surface area contributed by atoms with E-state index in [9.17, 15) is 54.2 Å². The van der Waals surface area contributed by atoms with Gasteiger partial charge in [-0.2, -0.15) is 10.2 Å². The third-order valence-corrected chi connectivity index (χ3v) is 11.3. The Hall–Kier alpha value is -5.12. The van der Waals surface area contributed by atoms with Gasteiger partial charge in [0.25, 0.3) is 12.9 Å². The molecule has 0 unspecified atom stereocenters. The van der Waals surface area contributed by atoms with Crippen LogP contribution < -0.4 is 10.6 Å². The van der Waals surface area contributed by atoms with Gasteiger partial charge in [0.05, 0.1) is 23.8 Å². The largest absolute Gasteiger partial charge is 0.477 e. The Labute approximate surface area is 319 Å². The van der Waals surface area contributed by atoms with Crippen molar-refractivity contribution in [2.75, 3.05) is 29.7 Å². The van der Waals surface area contributed by atoms with Crippen molar-refractivity contribution in [1.82, 2.24) is 29.5 Å². The number of carboxylic acids is 2. The first kappa shape index (κ1) is 42.0. The number of halogens is 4. The molecular weight excluding hydrogens is 789 g/mol. The van der Waals surface area contributed by atoms with Crippen LogP contribution in [0.2, 0.25) is 0 Å². The lowest BCUT2D eigenvalue weighted by atomic mass is 9.89. The predicted molar refractivity (Wildman–Crippen MR) is 194 cm³/mol. The summed E-state index contributed by atoms with van der Waals surface area (Å²) >= 11 is 0. The fraction of sp³-hybridized carbons (Fsp3) is 0.471. The molecule has 0 amide bonds. The molecule has 0 bridgehead atoms. The van der Waals surface area contributed by atoms with Crippen molar-refractivity contribution in [3.05, 3.63) is 59.2 Å². The first-order valence-corrected chi connectivity index (χ1v) is 21.3. The van der Waals surface area contributed by atoms with Gasteiger partial charge < -0.3 is 20.8 Å². The van der Waals surface area contributed by atoms with Crippen molar-refractivity contribution < 1.29 is 54.2 Å². The van der Waals surface area contributed by atoms with Gasteiger partial charge in [0.2, 0.25) is 0 Å². The maximum atomic E-state index is 13.5. The van der Waals surface area contributed by atoms with Gasteiger partial charge in [0, 0.05) is 25.1 Å². The van der Waals surface area contributed by atoms with E-state index in [-0.39, 0.29) is 39.1 Å². The normalized spacial score (nSPS) is 15.5. The number of hydrogen-bond acceptors (Lipinski definition) is 12. The van der Waals surface area contributed by atoms with Crippen LogP contribution in [0.15, 0.2) is 46.7 Å². The average Bonchev–Trinajstić information content (AvgIpc) is 3.89. The van der Waals surface area contributed by atoms with Gasteiger partial charge in [-0.15, -0.1) is 0 Å². The summed E-state index contributed by atoms with van der Waals surface area (Å²) in [5.74, 6) is -2.84. The van der Waals surface area contributed by atoms with E-state index in [1.165, 1.54) is 24.3 Å². The number of alkyl halides is 4. The van der Waals surface area contributed by atoms with Crippen LogP contribution in [0.5, 0.6) is 0 Å².